The molecule has 1 saturated carbocycles. The van der Waals surface area contributed by atoms with Gasteiger partial charge in [0.2, 0.25) is 0 Å². The zero-order chi connectivity index (χ0) is 14.8. The van der Waals surface area contributed by atoms with Crippen molar-refractivity contribution in [2.24, 2.45) is 5.92 Å². The quantitative estimate of drug-likeness (QED) is 0.862. The molecule has 0 aromatic heterocycles. The SMILES string of the molecule is CCC1CCCCC1(O)Cc1cccc(C(F)(F)F)c1. The van der Waals surface area contributed by atoms with Crippen LogP contribution in [0.2, 0.25) is 0 Å². The van der Waals surface area contributed by atoms with Gasteiger partial charge in [-0.05, 0) is 30.4 Å². The third-order valence-electron chi connectivity index (χ3n) is 4.43. The smallest absolute Gasteiger partial charge is 0.389 e. The fraction of sp³-hybridized carbons (Fsp3) is 0.625. The molecule has 4 heteroatoms. The maximum Gasteiger partial charge on any atom is 0.416 e. The molecule has 20 heavy (non-hydrogen) atoms. The molecule has 2 unspecified atom stereocenters. The molecule has 0 amide bonds. The zero-order valence-corrected chi connectivity index (χ0v) is 11.7. The highest BCUT2D eigenvalue weighted by atomic mass is 19.4. The second-order valence-corrected chi connectivity index (χ2v) is 5.83. The third kappa shape index (κ3) is 3.35. The lowest BCUT2D eigenvalue weighted by atomic mass is 9.71. The lowest BCUT2D eigenvalue weighted by Crippen LogP contribution is -2.42. The molecule has 0 bridgehead atoms. The Morgan fingerprint density at radius 2 is 2.05 bits per heavy atom. The van der Waals surface area contributed by atoms with Gasteiger partial charge in [0.1, 0.15) is 0 Å². The number of halogens is 3. The molecular weight excluding hydrogens is 265 g/mol. The van der Waals surface area contributed by atoms with Gasteiger partial charge in [0.05, 0.1) is 11.2 Å². The van der Waals surface area contributed by atoms with Gasteiger partial charge >= 0.3 is 6.18 Å². The predicted molar refractivity (Wildman–Crippen MR) is 72.3 cm³/mol. The fourth-order valence-electron chi connectivity index (χ4n) is 3.32. The summed E-state index contributed by atoms with van der Waals surface area (Å²) in [5.41, 5.74) is -0.915. The number of rotatable bonds is 3. The molecular formula is C16H21F3O. The number of alkyl halides is 3. The molecule has 0 aliphatic heterocycles. The Bertz CT molecular complexity index is 455. The number of aliphatic hydroxyl groups is 1. The summed E-state index contributed by atoms with van der Waals surface area (Å²) < 4.78 is 38.2. The van der Waals surface area contributed by atoms with Gasteiger partial charge in [-0.25, -0.2) is 0 Å². The average molecular weight is 286 g/mol. The van der Waals surface area contributed by atoms with Crippen LogP contribution in [0.5, 0.6) is 0 Å². The number of hydrogen-bond acceptors (Lipinski definition) is 1. The molecule has 1 aromatic rings. The Kier molecular flexibility index (Phi) is 4.43. The van der Waals surface area contributed by atoms with E-state index in [4.69, 9.17) is 0 Å². The first kappa shape index (κ1) is 15.4. The van der Waals surface area contributed by atoms with Crippen molar-refractivity contribution in [3.8, 4) is 0 Å². The van der Waals surface area contributed by atoms with Gasteiger partial charge < -0.3 is 5.11 Å². The lowest BCUT2D eigenvalue weighted by Gasteiger charge is -2.40. The van der Waals surface area contributed by atoms with Crippen LogP contribution in [0.1, 0.15) is 50.2 Å². The van der Waals surface area contributed by atoms with Gasteiger partial charge in [-0.3, -0.25) is 0 Å². The first-order valence-electron chi connectivity index (χ1n) is 7.23. The van der Waals surface area contributed by atoms with Gasteiger partial charge in [0.25, 0.3) is 0 Å². The Balaban J connectivity index is 2.20. The summed E-state index contributed by atoms with van der Waals surface area (Å²) in [6, 6.07) is 5.34. The predicted octanol–water partition coefficient (Wildman–Crippen LogP) is 4.58. The summed E-state index contributed by atoms with van der Waals surface area (Å²) in [5.74, 6) is 0.186. The van der Waals surface area contributed by atoms with Crippen molar-refractivity contribution < 1.29 is 18.3 Å². The van der Waals surface area contributed by atoms with E-state index in [2.05, 4.69) is 0 Å². The minimum atomic E-state index is -4.32. The van der Waals surface area contributed by atoms with Gasteiger partial charge in [-0.15, -0.1) is 0 Å². The Morgan fingerprint density at radius 3 is 2.70 bits per heavy atom. The minimum Gasteiger partial charge on any atom is -0.389 e. The van der Waals surface area contributed by atoms with Gasteiger partial charge in [0.15, 0.2) is 0 Å². The summed E-state index contributed by atoms with van der Waals surface area (Å²) in [7, 11) is 0. The molecule has 0 radical (unpaired) electrons. The highest BCUT2D eigenvalue weighted by molar-refractivity contribution is 5.27. The topological polar surface area (TPSA) is 20.2 Å². The zero-order valence-electron chi connectivity index (χ0n) is 11.7. The molecule has 1 aliphatic carbocycles. The first-order chi connectivity index (χ1) is 9.35. The normalized spacial score (nSPS) is 27.6. The highest BCUT2D eigenvalue weighted by Crippen LogP contribution is 2.39. The van der Waals surface area contributed by atoms with Crippen LogP contribution in [0, 0.1) is 5.92 Å². The van der Waals surface area contributed by atoms with Gasteiger partial charge in [-0.2, -0.15) is 13.2 Å². The van der Waals surface area contributed by atoms with E-state index in [1.165, 1.54) is 12.1 Å². The standard InChI is InChI=1S/C16H21F3O/c1-2-13-7-3-4-9-15(13,20)11-12-6-5-8-14(10-12)16(17,18)19/h5-6,8,10,13,20H,2-4,7,9,11H2,1H3. The maximum absolute atomic E-state index is 12.7. The average Bonchev–Trinajstić information content (AvgIpc) is 2.38. The maximum atomic E-state index is 12.7. The van der Waals surface area contributed by atoms with Crippen molar-refractivity contribution >= 4 is 0 Å². The summed E-state index contributed by atoms with van der Waals surface area (Å²) in [4.78, 5) is 0. The van der Waals surface area contributed by atoms with Crippen LogP contribution in [-0.2, 0) is 12.6 Å². The van der Waals surface area contributed by atoms with Crippen LogP contribution in [0.15, 0.2) is 24.3 Å². The third-order valence-corrected chi connectivity index (χ3v) is 4.43. The minimum absolute atomic E-state index is 0.186. The van der Waals surface area contributed by atoms with E-state index in [0.29, 0.717) is 18.4 Å². The van der Waals surface area contributed by atoms with E-state index >= 15 is 0 Å². The molecule has 0 saturated heterocycles. The van der Waals surface area contributed by atoms with Crippen LogP contribution in [0.4, 0.5) is 13.2 Å². The molecule has 1 aliphatic rings. The molecule has 1 aromatic carbocycles. The molecule has 2 atom stereocenters. The van der Waals surface area contributed by atoms with E-state index in [-0.39, 0.29) is 5.92 Å². The van der Waals surface area contributed by atoms with Crippen molar-refractivity contribution in [2.45, 2.75) is 57.2 Å². The van der Waals surface area contributed by atoms with Crippen molar-refractivity contribution in [3.63, 3.8) is 0 Å². The van der Waals surface area contributed by atoms with Crippen molar-refractivity contribution in [2.75, 3.05) is 0 Å². The second-order valence-electron chi connectivity index (χ2n) is 5.83. The van der Waals surface area contributed by atoms with E-state index in [0.717, 1.165) is 31.7 Å². The summed E-state index contributed by atoms with van der Waals surface area (Å²) in [6.07, 6.45) is 0.559. The largest absolute Gasteiger partial charge is 0.416 e. The Morgan fingerprint density at radius 1 is 1.30 bits per heavy atom. The van der Waals surface area contributed by atoms with Gasteiger partial charge in [-0.1, -0.05) is 44.4 Å². The van der Waals surface area contributed by atoms with Crippen molar-refractivity contribution in [1.82, 2.24) is 0 Å². The first-order valence-corrected chi connectivity index (χ1v) is 7.23. The molecule has 112 valence electrons. The van der Waals surface area contributed by atoms with Crippen LogP contribution >= 0.6 is 0 Å². The number of benzene rings is 1. The summed E-state index contributed by atoms with van der Waals surface area (Å²) >= 11 is 0. The second kappa shape index (κ2) is 5.76. The van der Waals surface area contributed by atoms with E-state index in [1.807, 2.05) is 6.92 Å². The van der Waals surface area contributed by atoms with E-state index < -0.39 is 17.3 Å². The summed E-state index contributed by atoms with van der Waals surface area (Å²) in [6.45, 7) is 2.03. The lowest BCUT2D eigenvalue weighted by molar-refractivity contribution is -0.137. The van der Waals surface area contributed by atoms with Crippen LogP contribution in [-0.4, -0.2) is 10.7 Å². The van der Waals surface area contributed by atoms with E-state index in [9.17, 15) is 18.3 Å². The van der Waals surface area contributed by atoms with Crippen molar-refractivity contribution in [1.29, 1.82) is 0 Å². The molecule has 1 N–H and O–H groups in total. The van der Waals surface area contributed by atoms with Crippen molar-refractivity contribution in [3.05, 3.63) is 35.4 Å². The van der Waals surface area contributed by atoms with Crippen LogP contribution in [0.25, 0.3) is 0 Å². The Hall–Kier alpha value is -1.03. The number of hydrogen-bond donors (Lipinski definition) is 1. The van der Waals surface area contributed by atoms with Crippen LogP contribution < -0.4 is 0 Å². The Labute approximate surface area is 117 Å². The molecule has 0 heterocycles. The van der Waals surface area contributed by atoms with Gasteiger partial charge in [0, 0.05) is 6.42 Å². The molecule has 1 fully saturated rings. The monoisotopic (exact) mass is 286 g/mol. The van der Waals surface area contributed by atoms with Crippen LogP contribution in [0.3, 0.4) is 0 Å². The molecule has 0 spiro atoms. The highest BCUT2D eigenvalue weighted by Gasteiger charge is 2.38. The fourth-order valence-corrected chi connectivity index (χ4v) is 3.32. The summed E-state index contributed by atoms with van der Waals surface area (Å²) in [5, 5.41) is 10.8. The molecule has 1 nitrogen and oxygen atoms in total. The molecule has 2 rings (SSSR count). The van der Waals surface area contributed by atoms with E-state index in [1.54, 1.807) is 6.07 Å².